The Bertz CT molecular complexity index is 140. The number of rotatable bonds is 3. The minimum Gasteiger partial charge on any atom is -0.300 e. The van der Waals surface area contributed by atoms with Crippen LogP contribution >= 0.6 is 0 Å². The van der Waals surface area contributed by atoms with Gasteiger partial charge in [0.25, 0.3) is 0 Å². The van der Waals surface area contributed by atoms with Crippen LogP contribution in [0.15, 0.2) is 0 Å². The van der Waals surface area contributed by atoms with Crippen molar-refractivity contribution >= 4 is 5.78 Å². The van der Waals surface area contributed by atoms with Crippen molar-refractivity contribution < 1.29 is 4.79 Å². The zero-order valence-corrected chi connectivity index (χ0v) is 7.60. The highest BCUT2D eigenvalue weighted by atomic mass is 16.1. The molecule has 0 aromatic carbocycles. The van der Waals surface area contributed by atoms with Crippen LogP contribution in [0.2, 0.25) is 0 Å². The summed E-state index contributed by atoms with van der Waals surface area (Å²) in [7, 11) is 0. The predicted molar refractivity (Wildman–Crippen MR) is 46.4 cm³/mol. The molecule has 11 heavy (non-hydrogen) atoms. The Hall–Kier alpha value is -0.330. The second kappa shape index (κ2) is 3.89. The zero-order valence-electron chi connectivity index (χ0n) is 7.60. The second-order valence-electron chi connectivity index (χ2n) is 3.66. The fraction of sp³-hybridized carbons (Fsp3) is 0.900. The van der Waals surface area contributed by atoms with Gasteiger partial charge in [0.15, 0.2) is 0 Å². The first kappa shape index (κ1) is 8.76. The van der Waals surface area contributed by atoms with Crippen molar-refractivity contribution in [2.24, 2.45) is 11.8 Å². The Labute approximate surface area is 69.2 Å². The average molecular weight is 154 g/mol. The predicted octanol–water partition coefficient (Wildman–Crippen LogP) is 2.79. The first-order valence-corrected chi connectivity index (χ1v) is 4.79. The molecule has 0 aromatic rings. The van der Waals surface area contributed by atoms with Crippen molar-refractivity contribution in [3.05, 3.63) is 0 Å². The van der Waals surface area contributed by atoms with E-state index < -0.39 is 0 Å². The maximum atomic E-state index is 11.1. The third-order valence-electron chi connectivity index (χ3n) is 2.83. The summed E-state index contributed by atoms with van der Waals surface area (Å²) in [5, 5.41) is 0. The van der Waals surface area contributed by atoms with E-state index in [1.54, 1.807) is 0 Å². The maximum Gasteiger partial charge on any atom is 0.133 e. The molecule has 0 amide bonds. The number of carbonyl (C=O) groups excluding carboxylic acids is 1. The van der Waals surface area contributed by atoms with E-state index in [1.807, 2.05) is 0 Å². The summed E-state index contributed by atoms with van der Waals surface area (Å²) in [6.45, 7) is 4.40. The molecule has 0 radical (unpaired) electrons. The van der Waals surface area contributed by atoms with Gasteiger partial charge in [-0.15, -0.1) is 0 Å². The fourth-order valence-electron chi connectivity index (χ4n) is 2.19. The van der Waals surface area contributed by atoms with Gasteiger partial charge in [-0.2, -0.15) is 0 Å². The van der Waals surface area contributed by atoms with Gasteiger partial charge in [0.1, 0.15) is 5.78 Å². The average Bonchev–Trinajstić information content (AvgIpc) is 2.32. The molecule has 1 fully saturated rings. The van der Waals surface area contributed by atoms with Crippen LogP contribution in [-0.4, -0.2) is 5.78 Å². The number of Topliss-reactive ketones (excluding diaryl/α,β-unsaturated/α-hetero) is 1. The van der Waals surface area contributed by atoms with Crippen molar-refractivity contribution in [2.75, 3.05) is 0 Å². The largest absolute Gasteiger partial charge is 0.300 e. The van der Waals surface area contributed by atoms with E-state index in [1.165, 1.54) is 19.3 Å². The molecule has 0 bridgehead atoms. The Morgan fingerprint density at radius 2 is 1.91 bits per heavy atom. The van der Waals surface area contributed by atoms with Crippen LogP contribution in [0.4, 0.5) is 0 Å². The van der Waals surface area contributed by atoms with Crippen molar-refractivity contribution in [3.63, 3.8) is 0 Å². The summed E-state index contributed by atoms with van der Waals surface area (Å²) in [5.41, 5.74) is 0. The summed E-state index contributed by atoms with van der Waals surface area (Å²) >= 11 is 0. The summed E-state index contributed by atoms with van der Waals surface area (Å²) in [5.74, 6) is 1.93. The molecule has 0 aliphatic heterocycles. The minimum absolute atomic E-state index is 0.496. The third-order valence-corrected chi connectivity index (χ3v) is 2.83. The lowest BCUT2D eigenvalue weighted by Crippen LogP contribution is -2.05. The molecule has 0 aromatic heterocycles. The van der Waals surface area contributed by atoms with Gasteiger partial charge in [0, 0.05) is 12.8 Å². The van der Waals surface area contributed by atoms with Crippen molar-refractivity contribution in [2.45, 2.75) is 46.0 Å². The molecule has 0 spiro atoms. The number of hydrogen-bond donors (Lipinski definition) is 0. The topological polar surface area (TPSA) is 17.1 Å². The monoisotopic (exact) mass is 154 g/mol. The molecule has 1 saturated carbocycles. The maximum absolute atomic E-state index is 11.1. The van der Waals surface area contributed by atoms with Crippen molar-refractivity contribution in [1.29, 1.82) is 0 Å². The SMILES string of the molecule is CCC[C@H]1CC(=O)C[C@@H]1CC. The molecule has 0 N–H and O–H groups in total. The van der Waals surface area contributed by atoms with Crippen molar-refractivity contribution in [3.8, 4) is 0 Å². The lowest BCUT2D eigenvalue weighted by atomic mass is 9.90. The van der Waals surface area contributed by atoms with Gasteiger partial charge >= 0.3 is 0 Å². The molecule has 1 nitrogen and oxygen atoms in total. The van der Waals surface area contributed by atoms with Crippen LogP contribution in [0.1, 0.15) is 46.0 Å². The molecule has 1 aliphatic carbocycles. The lowest BCUT2D eigenvalue weighted by Gasteiger charge is -2.14. The normalized spacial score (nSPS) is 31.3. The lowest BCUT2D eigenvalue weighted by molar-refractivity contribution is -0.117. The molecule has 64 valence electrons. The molecular formula is C10H18O. The highest BCUT2D eigenvalue weighted by Crippen LogP contribution is 2.34. The van der Waals surface area contributed by atoms with Crippen LogP contribution < -0.4 is 0 Å². The van der Waals surface area contributed by atoms with Gasteiger partial charge in [-0.3, -0.25) is 4.79 Å². The molecular weight excluding hydrogens is 136 g/mol. The van der Waals surface area contributed by atoms with Crippen LogP contribution in [0.5, 0.6) is 0 Å². The Kier molecular flexibility index (Phi) is 3.10. The standard InChI is InChI=1S/C10H18O/c1-3-5-9-7-10(11)6-8(9)4-2/h8-9H,3-7H2,1-2H3/t8-,9-/m0/s1. The first-order chi connectivity index (χ1) is 5.27. The van der Waals surface area contributed by atoms with E-state index in [-0.39, 0.29) is 0 Å². The van der Waals surface area contributed by atoms with E-state index in [0.717, 1.165) is 18.8 Å². The van der Waals surface area contributed by atoms with Crippen LogP contribution in [0.25, 0.3) is 0 Å². The Morgan fingerprint density at radius 3 is 2.45 bits per heavy atom. The molecule has 0 heterocycles. The first-order valence-electron chi connectivity index (χ1n) is 4.79. The Morgan fingerprint density at radius 1 is 1.27 bits per heavy atom. The van der Waals surface area contributed by atoms with Crippen LogP contribution in [0.3, 0.4) is 0 Å². The van der Waals surface area contributed by atoms with Gasteiger partial charge in [-0.25, -0.2) is 0 Å². The molecule has 0 saturated heterocycles. The van der Waals surface area contributed by atoms with E-state index >= 15 is 0 Å². The van der Waals surface area contributed by atoms with Gasteiger partial charge < -0.3 is 0 Å². The van der Waals surface area contributed by atoms with Gasteiger partial charge in [-0.1, -0.05) is 33.1 Å². The smallest absolute Gasteiger partial charge is 0.133 e. The minimum atomic E-state index is 0.496. The molecule has 2 atom stereocenters. The fourth-order valence-corrected chi connectivity index (χ4v) is 2.19. The van der Waals surface area contributed by atoms with E-state index in [0.29, 0.717) is 11.7 Å². The second-order valence-corrected chi connectivity index (χ2v) is 3.66. The van der Waals surface area contributed by atoms with E-state index in [2.05, 4.69) is 13.8 Å². The molecule has 1 heteroatoms. The highest BCUT2D eigenvalue weighted by Gasteiger charge is 2.30. The Balaban J connectivity index is 2.43. The highest BCUT2D eigenvalue weighted by molar-refractivity contribution is 5.81. The molecule has 0 unspecified atom stereocenters. The zero-order chi connectivity index (χ0) is 8.27. The van der Waals surface area contributed by atoms with Crippen molar-refractivity contribution in [1.82, 2.24) is 0 Å². The number of ketones is 1. The summed E-state index contributed by atoms with van der Waals surface area (Å²) < 4.78 is 0. The van der Waals surface area contributed by atoms with Crippen LogP contribution in [0, 0.1) is 11.8 Å². The third kappa shape index (κ3) is 2.05. The quantitative estimate of drug-likeness (QED) is 0.611. The van der Waals surface area contributed by atoms with Crippen LogP contribution in [-0.2, 0) is 4.79 Å². The number of hydrogen-bond acceptors (Lipinski definition) is 1. The van der Waals surface area contributed by atoms with Gasteiger partial charge in [0.05, 0.1) is 0 Å². The molecule has 1 aliphatic rings. The summed E-state index contributed by atoms with van der Waals surface area (Å²) in [4.78, 5) is 11.1. The molecule has 1 rings (SSSR count). The van der Waals surface area contributed by atoms with Gasteiger partial charge in [0.2, 0.25) is 0 Å². The van der Waals surface area contributed by atoms with E-state index in [9.17, 15) is 4.79 Å². The van der Waals surface area contributed by atoms with E-state index in [4.69, 9.17) is 0 Å². The summed E-state index contributed by atoms with van der Waals surface area (Å²) in [6, 6.07) is 0. The summed E-state index contributed by atoms with van der Waals surface area (Å²) in [6.07, 6.45) is 5.41. The number of carbonyl (C=O) groups is 1. The van der Waals surface area contributed by atoms with Gasteiger partial charge in [-0.05, 0) is 11.8 Å².